The zero-order valence-electron chi connectivity index (χ0n) is 11.4. The van der Waals surface area contributed by atoms with Crippen LogP contribution in [0.25, 0.3) is 0 Å². The van der Waals surface area contributed by atoms with Gasteiger partial charge in [0.15, 0.2) is 5.60 Å². The van der Waals surface area contributed by atoms with Crippen LogP contribution in [0.4, 0.5) is 0 Å². The van der Waals surface area contributed by atoms with Crippen LogP contribution in [0.1, 0.15) is 16.6 Å². The van der Waals surface area contributed by atoms with Crippen molar-refractivity contribution in [3.8, 4) is 0 Å². The van der Waals surface area contributed by atoms with Crippen LogP contribution in [-0.4, -0.2) is 58.6 Å². The third-order valence-corrected chi connectivity index (χ3v) is 4.21. The number of aliphatic hydroxyl groups is 1. The highest BCUT2D eigenvalue weighted by Gasteiger charge is 2.30. The Hall–Kier alpha value is -1.45. The predicted molar refractivity (Wildman–Crippen MR) is 80.2 cm³/mol. The van der Waals surface area contributed by atoms with Crippen LogP contribution < -0.4 is 5.32 Å². The Morgan fingerprint density at radius 1 is 1.43 bits per heavy atom. The number of carbonyl (C=O) groups is 3. The van der Waals surface area contributed by atoms with E-state index in [-0.39, 0.29) is 12.5 Å². The average Bonchev–Trinajstić information content (AvgIpc) is 2.82. The zero-order chi connectivity index (χ0) is 16.2. The summed E-state index contributed by atoms with van der Waals surface area (Å²) < 4.78 is 0.807. The molecule has 0 aliphatic carbocycles. The topological polar surface area (TPSA) is 107 Å². The number of hydrogen-bond donors (Lipinski definition) is 3. The van der Waals surface area contributed by atoms with E-state index in [9.17, 15) is 19.5 Å². The molecule has 0 aromatic carbocycles. The maximum Gasteiger partial charge on any atom is 0.337 e. The molecule has 1 unspecified atom stereocenters. The fourth-order valence-corrected chi connectivity index (χ4v) is 2.69. The number of carbonyl (C=O) groups excluding carboxylic acids is 2. The quantitative estimate of drug-likeness (QED) is 0.669. The predicted octanol–water partition coefficient (Wildman–Crippen LogP) is 0.534. The SMILES string of the molecule is CN(CC(=O)NCC(C)(O)C(=O)O)C(=O)c1ccc(Br)s1. The molecular weight excluding hydrogens is 364 g/mol. The minimum absolute atomic E-state index is 0.232. The molecule has 21 heavy (non-hydrogen) atoms. The number of nitrogens with zero attached hydrogens (tertiary/aromatic N) is 1. The molecule has 0 saturated carbocycles. The standard InChI is InChI=1S/C12H15BrN2O5S/c1-12(20,11(18)19)6-14-9(16)5-15(2)10(17)7-3-4-8(13)21-7/h3-4,20H,5-6H2,1-2H3,(H,14,16)(H,18,19). The van der Waals surface area contributed by atoms with Crippen molar-refractivity contribution in [1.29, 1.82) is 0 Å². The molecule has 0 aliphatic heterocycles. The van der Waals surface area contributed by atoms with Crippen molar-refractivity contribution in [3.63, 3.8) is 0 Å². The molecule has 9 heteroatoms. The van der Waals surface area contributed by atoms with E-state index >= 15 is 0 Å². The third kappa shape index (κ3) is 5.10. The van der Waals surface area contributed by atoms with Gasteiger partial charge < -0.3 is 20.4 Å². The number of carboxylic acids is 1. The lowest BCUT2D eigenvalue weighted by Crippen LogP contribution is -2.48. The van der Waals surface area contributed by atoms with E-state index < -0.39 is 24.0 Å². The van der Waals surface area contributed by atoms with Crippen molar-refractivity contribution < 1.29 is 24.6 Å². The summed E-state index contributed by atoms with van der Waals surface area (Å²) in [5, 5.41) is 20.4. The first-order valence-corrected chi connectivity index (χ1v) is 7.47. The van der Waals surface area contributed by atoms with Crippen molar-refractivity contribution in [2.75, 3.05) is 20.1 Å². The van der Waals surface area contributed by atoms with Crippen molar-refractivity contribution in [2.45, 2.75) is 12.5 Å². The van der Waals surface area contributed by atoms with E-state index in [4.69, 9.17) is 5.11 Å². The number of aliphatic carboxylic acids is 1. The molecule has 0 bridgehead atoms. The van der Waals surface area contributed by atoms with E-state index in [1.165, 1.54) is 23.3 Å². The highest BCUT2D eigenvalue weighted by molar-refractivity contribution is 9.11. The number of carboxylic acid groups (broad SMARTS) is 1. The van der Waals surface area contributed by atoms with E-state index in [0.717, 1.165) is 10.7 Å². The highest BCUT2D eigenvalue weighted by atomic mass is 79.9. The molecule has 0 spiro atoms. The van der Waals surface area contributed by atoms with Gasteiger partial charge in [0.1, 0.15) is 0 Å². The number of thiophene rings is 1. The molecule has 1 rings (SSSR count). The first-order valence-electron chi connectivity index (χ1n) is 5.87. The van der Waals surface area contributed by atoms with E-state index in [0.29, 0.717) is 4.88 Å². The van der Waals surface area contributed by atoms with Crippen molar-refractivity contribution in [2.24, 2.45) is 0 Å². The Labute approximate surface area is 133 Å². The largest absolute Gasteiger partial charge is 0.479 e. The van der Waals surface area contributed by atoms with Gasteiger partial charge in [-0.3, -0.25) is 9.59 Å². The van der Waals surface area contributed by atoms with Crippen LogP contribution in [-0.2, 0) is 9.59 Å². The summed E-state index contributed by atoms with van der Waals surface area (Å²) in [7, 11) is 1.46. The molecule has 3 N–H and O–H groups in total. The van der Waals surface area contributed by atoms with E-state index in [1.54, 1.807) is 12.1 Å². The summed E-state index contributed by atoms with van der Waals surface area (Å²) in [4.78, 5) is 36.0. The number of nitrogens with one attached hydrogen (secondary N) is 1. The smallest absolute Gasteiger partial charge is 0.337 e. The minimum atomic E-state index is -2.04. The third-order valence-electron chi connectivity index (χ3n) is 2.60. The van der Waals surface area contributed by atoms with Crippen LogP contribution in [0.5, 0.6) is 0 Å². The van der Waals surface area contributed by atoms with Gasteiger partial charge in [-0.15, -0.1) is 11.3 Å². The second-order valence-electron chi connectivity index (χ2n) is 4.62. The van der Waals surface area contributed by atoms with Gasteiger partial charge in [-0.1, -0.05) is 0 Å². The molecule has 1 aromatic heterocycles. The number of hydrogen-bond acceptors (Lipinski definition) is 5. The summed E-state index contributed by atoms with van der Waals surface area (Å²) in [5.41, 5.74) is -2.04. The van der Waals surface area contributed by atoms with Gasteiger partial charge in [-0.25, -0.2) is 4.79 Å². The lowest BCUT2D eigenvalue weighted by Gasteiger charge is -2.20. The summed E-state index contributed by atoms with van der Waals surface area (Å²) in [6.07, 6.45) is 0. The monoisotopic (exact) mass is 378 g/mol. The van der Waals surface area contributed by atoms with Gasteiger partial charge in [-0.2, -0.15) is 0 Å². The lowest BCUT2D eigenvalue weighted by atomic mass is 10.1. The fraction of sp³-hybridized carbons (Fsp3) is 0.417. The summed E-state index contributed by atoms with van der Waals surface area (Å²) >= 11 is 4.49. The van der Waals surface area contributed by atoms with Crippen LogP contribution in [0.2, 0.25) is 0 Å². The molecule has 1 aromatic rings. The van der Waals surface area contributed by atoms with Crippen LogP contribution in [0.15, 0.2) is 15.9 Å². The fourth-order valence-electron chi connectivity index (χ4n) is 1.31. The summed E-state index contributed by atoms with van der Waals surface area (Å²) in [6, 6.07) is 3.37. The molecule has 7 nitrogen and oxygen atoms in total. The van der Waals surface area contributed by atoms with Gasteiger partial charge >= 0.3 is 5.97 Å². The normalized spacial score (nSPS) is 13.3. The van der Waals surface area contributed by atoms with Crippen LogP contribution in [0.3, 0.4) is 0 Å². The Balaban J connectivity index is 2.51. The maximum atomic E-state index is 12.0. The van der Waals surface area contributed by atoms with Gasteiger partial charge in [0.05, 0.1) is 21.8 Å². The molecule has 0 radical (unpaired) electrons. The molecule has 0 fully saturated rings. The number of rotatable bonds is 6. The van der Waals surface area contributed by atoms with E-state index in [1.807, 2.05) is 0 Å². The summed E-state index contributed by atoms with van der Waals surface area (Å²) in [5.74, 6) is -2.30. The molecular formula is C12H15BrN2O5S. The Morgan fingerprint density at radius 2 is 2.05 bits per heavy atom. The molecule has 1 atom stereocenters. The molecule has 0 aliphatic rings. The minimum Gasteiger partial charge on any atom is -0.479 e. The number of likely N-dealkylation sites (N-methyl/N-ethyl adjacent to an activating group) is 1. The van der Waals surface area contributed by atoms with Crippen molar-refractivity contribution in [1.82, 2.24) is 10.2 Å². The highest BCUT2D eigenvalue weighted by Crippen LogP contribution is 2.22. The Kier molecular flexibility index (Phi) is 5.87. The summed E-state index contributed by atoms with van der Waals surface area (Å²) in [6.45, 7) is 0.408. The van der Waals surface area contributed by atoms with Gasteiger partial charge in [-0.05, 0) is 35.0 Å². The Morgan fingerprint density at radius 3 is 2.52 bits per heavy atom. The number of halogens is 1. The Bertz CT molecular complexity index is 558. The first kappa shape index (κ1) is 17.6. The van der Waals surface area contributed by atoms with Crippen molar-refractivity contribution >= 4 is 45.1 Å². The van der Waals surface area contributed by atoms with Gasteiger partial charge in [0, 0.05) is 7.05 Å². The second-order valence-corrected chi connectivity index (χ2v) is 7.08. The molecule has 1 heterocycles. The van der Waals surface area contributed by atoms with Crippen LogP contribution >= 0.6 is 27.3 Å². The van der Waals surface area contributed by atoms with E-state index in [2.05, 4.69) is 21.2 Å². The first-order chi connectivity index (χ1) is 9.63. The van der Waals surface area contributed by atoms with Crippen LogP contribution in [0, 0.1) is 0 Å². The average molecular weight is 379 g/mol. The van der Waals surface area contributed by atoms with Gasteiger partial charge in [0.25, 0.3) is 5.91 Å². The molecule has 116 valence electrons. The maximum absolute atomic E-state index is 12.0. The molecule has 2 amide bonds. The number of amides is 2. The second kappa shape index (κ2) is 7.01. The lowest BCUT2D eigenvalue weighted by molar-refractivity contribution is -0.156. The van der Waals surface area contributed by atoms with Gasteiger partial charge in [0.2, 0.25) is 5.91 Å². The van der Waals surface area contributed by atoms with Crippen molar-refractivity contribution in [3.05, 3.63) is 20.8 Å². The zero-order valence-corrected chi connectivity index (χ0v) is 13.8. The molecule has 0 saturated heterocycles.